The van der Waals surface area contributed by atoms with E-state index < -0.39 is 0 Å². The van der Waals surface area contributed by atoms with Crippen molar-refractivity contribution >= 4 is 46.7 Å². The minimum absolute atomic E-state index is 0.0877. The van der Waals surface area contributed by atoms with Crippen LogP contribution in [0.25, 0.3) is 0 Å². The summed E-state index contributed by atoms with van der Waals surface area (Å²) in [5.74, 6) is 2.45. The second-order valence-electron chi connectivity index (χ2n) is 2.23. The molecule has 0 aliphatic carbocycles. The lowest BCUT2D eigenvalue weighted by Gasteiger charge is -2.16. The predicted octanol–water partition coefficient (Wildman–Crippen LogP) is 3.03. The quantitative estimate of drug-likeness (QED) is 0.652. The highest BCUT2D eigenvalue weighted by Gasteiger charge is 2.27. The van der Waals surface area contributed by atoms with Crippen molar-refractivity contribution in [3.63, 3.8) is 0 Å². The lowest BCUT2D eigenvalue weighted by Crippen LogP contribution is -2.20. The molecule has 0 aromatic rings. The second kappa shape index (κ2) is 4.34. The summed E-state index contributed by atoms with van der Waals surface area (Å²) in [6.07, 6.45) is 0. The fraction of sp³-hybridized carbons (Fsp3) is 1.00. The molecule has 4 heteroatoms. The summed E-state index contributed by atoms with van der Waals surface area (Å²) in [6, 6.07) is 0. The summed E-state index contributed by atoms with van der Waals surface area (Å²) >= 11 is 15.7. The highest BCUT2D eigenvalue weighted by atomic mass is 35.5. The summed E-state index contributed by atoms with van der Waals surface area (Å²) in [4.78, 5) is 0. The molecule has 0 N–H and O–H groups in total. The molecule has 1 fully saturated rings. The van der Waals surface area contributed by atoms with Crippen LogP contribution in [0.3, 0.4) is 0 Å². The fourth-order valence-electron chi connectivity index (χ4n) is 0.777. The largest absolute Gasteiger partial charge is 0.145 e. The highest BCUT2D eigenvalue weighted by molar-refractivity contribution is 8.20. The molecule has 0 radical (unpaired) electrons. The minimum atomic E-state index is 0.0877. The monoisotopic (exact) mass is 216 g/mol. The third-order valence-electron chi connectivity index (χ3n) is 1.35. The first-order valence-electron chi connectivity index (χ1n) is 3.23. The standard InChI is InChI=1S/C6H10Cl2S2/c1-4(7)5(8)6-9-2-3-10-6/h4-6H,2-3H2,1H3. The first kappa shape index (κ1) is 9.37. The number of alkyl halides is 2. The van der Waals surface area contributed by atoms with E-state index in [0.717, 1.165) is 0 Å². The van der Waals surface area contributed by atoms with Gasteiger partial charge in [-0.25, -0.2) is 0 Å². The second-order valence-corrected chi connectivity index (χ2v) is 6.22. The van der Waals surface area contributed by atoms with Gasteiger partial charge < -0.3 is 0 Å². The van der Waals surface area contributed by atoms with Crippen molar-refractivity contribution in [3.8, 4) is 0 Å². The summed E-state index contributed by atoms with van der Waals surface area (Å²) in [6.45, 7) is 1.96. The van der Waals surface area contributed by atoms with Crippen molar-refractivity contribution in [2.75, 3.05) is 11.5 Å². The molecular formula is C6H10Cl2S2. The molecule has 0 bridgehead atoms. The van der Waals surface area contributed by atoms with Crippen LogP contribution in [0.1, 0.15) is 6.92 Å². The molecule has 0 nitrogen and oxygen atoms in total. The minimum Gasteiger partial charge on any atom is -0.145 e. The van der Waals surface area contributed by atoms with Crippen LogP contribution in [0.2, 0.25) is 0 Å². The van der Waals surface area contributed by atoms with Gasteiger partial charge in [-0.3, -0.25) is 0 Å². The van der Waals surface area contributed by atoms with E-state index in [1.165, 1.54) is 11.5 Å². The Labute approximate surface area is 80.4 Å². The Morgan fingerprint density at radius 1 is 1.30 bits per heavy atom. The molecule has 10 heavy (non-hydrogen) atoms. The normalized spacial score (nSPS) is 26.7. The molecule has 2 atom stereocenters. The lowest BCUT2D eigenvalue weighted by molar-refractivity contribution is 0.892. The summed E-state index contributed by atoms with van der Waals surface area (Å²) in [5.41, 5.74) is 0. The van der Waals surface area contributed by atoms with Crippen LogP contribution in [-0.4, -0.2) is 26.8 Å². The van der Waals surface area contributed by atoms with Gasteiger partial charge in [-0.1, -0.05) is 0 Å². The first-order chi connectivity index (χ1) is 4.72. The Balaban J connectivity index is 2.32. The van der Waals surface area contributed by atoms with Crippen LogP contribution in [0.5, 0.6) is 0 Å². The first-order valence-corrected chi connectivity index (χ1v) is 6.20. The Morgan fingerprint density at radius 2 is 1.80 bits per heavy atom. The highest BCUT2D eigenvalue weighted by Crippen LogP contribution is 2.38. The zero-order chi connectivity index (χ0) is 7.56. The predicted molar refractivity (Wildman–Crippen MR) is 53.7 cm³/mol. The maximum atomic E-state index is 6.05. The molecule has 1 heterocycles. The van der Waals surface area contributed by atoms with Crippen LogP contribution in [0.15, 0.2) is 0 Å². The van der Waals surface area contributed by atoms with Crippen LogP contribution in [0, 0.1) is 0 Å². The lowest BCUT2D eigenvalue weighted by atomic mass is 10.4. The van der Waals surface area contributed by atoms with Gasteiger partial charge in [0.1, 0.15) is 0 Å². The molecule has 0 amide bonds. The van der Waals surface area contributed by atoms with Gasteiger partial charge >= 0.3 is 0 Å². The third kappa shape index (κ3) is 2.40. The van der Waals surface area contributed by atoms with Crippen molar-refractivity contribution in [2.24, 2.45) is 0 Å². The number of hydrogen-bond acceptors (Lipinski definition) is 2. The molecular weight excluding hydrogens is 207 g/mol. The Morgan fingerprint density at radius 3 is 2.20 bits per heavy atom. The maximum absolute atomic E-state index is 6.05. The smallest absolute Gasteiger partial charge is 0.0707 e. The van der Waals surface area contributed by atoms with Gasteiger partial charge in [-0.15, -0.1) is 46.7 Å². The number of rotatable bonds is 2. The zero-order valence-corrected chi connectivity index (χ0v) is 8.86. The van der Waals surface area contributed by atoms with E-state index in [1.807, 2.05) is 30.4 Å². The van der Waals surface area contributed by atoms with Gasteiger partial charge in [0.15, 0.2) is 0 Å². The van der Waals surface area contributed by atoms with Crippen molar-refractivity contribution in [1.29, 1.82) is 0 Å². The van der Waals surface area contributed by atoms with E-state index in [1.54, 1.807) is 0 Å². The molecule has 1 saturated heterocycles. The van der Waals surface area contributed by atoms with Crippen LogP contribution < -0.4 is 0 Å². The van der Waals surface area contributed by atoms with Crippen LogP contribution in [0.4, 0.5) is 0 Å². The van der Waals surface area contributed by atoms with E-state index >= 15 is 0 Å². The molecule has 0 spiro atoms. The Kier molecular flexibility index (Phi) is 4.07. The Bertz CT molecular complexity index is 102. The Hall–Kier alpha value is 1.28. The van der Waals surface area contributed by atoms with E-state index in [4.69, 9.17) is 23.2 Å². The average Bonchev–Trinajstić information content (AvgIpc) is 2.36. The van der Waals surface area contributed by atoms with Crippen LogP contribution >= 0.6 is 46.7 Å². The van der Waals surface area contributed by atoms with Gasteiger partial charge in [-0.2, -0.15) is 0 Å². The molecule has 2 unspecified atom stereocenters. The molecule has 1 aliphatic heterocycles. The van der Waals surface area contributed by atoms with Crippen molar-refractivity contribution in [3.05, 3.63) is 0 Å². The average molecular weight is 217 g/mol. The van der Waals surface area contributed by atoms with E-state index in [2.05, 4.69) is 0 Å². The molecule has 1 aliphatic rings. The van der Waals surface area contributed by atoms with Gasteiger partial charge in [-0.05, 0) is 6.92 Å². The molecule has 0 aromatic heterocycles. The van der Waals surface area contributed by atoms with Crippen molar-refractivity contribution in [2.45, 2.75) is 22.3 Å². The van der Waals surface area contributed by atoms with Crippen molar-refractivity contribution < 1.29 is 0 Å². The molecule has 1 rings (SSSR count). The van der Waals surface area contributed by atoms with Gasteiger partial charge in [0.25, 0.3) is 0 Å². The van der Waals surface area contributed by atoms with E-state index in [9.17, 15) is 0 Å². The summed E-state index contributed by atoms with van der Waals surface area (Å²) in [7, 11) is 0. The molecule has 0 saturated carbocycles. The molecule has 0 aromatic carbocycles. The number of halogens is 2. The zero-order valence-electron chi connectivity index (χ0n) is 5.72. The summed E-state index contributed by atoms with van der Waals surface area (Å²) in [5, 5.41) is 0.212. The SMILES string of the molecule is CC(Cl)C(Cl)C1SCCS1. The topological polar surface area (TPSA) is 0 Å². The van der Waals surface area contributed by atoms with E-state index in [0.29, 0.717) is 4.58 Å². The maximum Gasteiger partial charge on any atom is 0.0707 e. The van der Waals surface area contributed by atoms with E-state index in [-0.39, 0.29) is 10.8 Å². The van der Waals surface area contributed by atoms with Crippen LogP contribution in [-0.2, 0) is 0 Å². The number of thioether (sulfide) groups is 2. The molecule has 60 valence electrons. The van der Waals surface area contributed by atoms with Crippen molar-refractivity contribution in [1.82, 2.24) is 0 Å². The summed E-state index contributed by atoms with van der Waals surface area (Å²) < 4.78 is 0.522. The van der Waals surface area contributed by atoms with Gasteiger partial charge in [0.05, 0.1) is 9.96 Å². The fourth-order valence-corrected chi connectivity index (χ4v) is 4.57. The van der Waals surface area contributed by atoms with Gasteiger partial charge in [0, 0.05) is 16.9 Å². The number of hydrogen-bond donors (Lipinski definition) is 0. The van der Waals surface area contributed by atoms with Gasteiger partial charge in [0.2, 0.25) is 0 Å². The third-order valence-corrected chi connectivity index (χ3v) is 5.87.